The van der Waals surface area contributed by atoms with E-state index in [9.17, 15) is 0 Å². The van der Waals surface area contributed by atoms with Gasteiger partial charge in [0, 0.05) is 18.7 Å². The molecule has 1 unspecified atom stereocenters. The van der Waals surface area contributed by atoms with Crippen molar-refractivity contribution in [2.75, 3.05) is 6.54 Å². The molecule has 0 amide bonds. The molecule has 1 aliphatic heterocycles. The average Bonchev–Trinajstić information content (AvgIpc) is 2.81. The molecule has 1 aromatic carbocycles. The Bertz CT molecular complexity index is 580. The van der Waals surface area contributed by atoms with Crippen LogP contribution in [0.4, 0.5) is 0 Å². The van der Waals surface area contributed by atoms with Crippen LogP contribution in [0.25, 0.3) is 11.4 Å². The predicted molar refractivity (Wildman–Crippen MR) is 76.0 cm³/mol. The Morgan fingerprint density at radius 3 is 2.63 bits per heavy atom. The van der Waals surface area contributed by atoms with Crippen LogP contribution >= 0.6 is 0 Å². The SMILES string of the molecule is CCC1NCCn2c(-c3cc(C)cc(C)c3)nnc21. The lowest BCUT2D eigenvalue weighted by Crippen LogP contribution is -2.33. The number of aryl methyl sites for hydroxylation is 2. The second-order valence-electron chi connectivity index (χ2n) is 5.32. The van der Waals surface area contributed by atoms with E-state index in [1.165, 1.54) is 16.7 Å². The van der Waals surface area contributed by atoms with Crippen LogP contribution in [0.2, 0.25) is 0 Å². The van der Waals surface area contributed by atoms with Crippen molar-refractivity contribution in [2.45, 2.75) is 39.8 Å². The molecule has 0 bridgehead atoms. The molecule has 0 saturated heterocycles. The van der Waals surface area contributed by atoms with Gasteiger partial charge in [-0.1, -0.05) is 24.1 Å². The molecule has 1 aromatic heterocycles. The second-order valence-corrected chi connectivity index (χ2v) is 5.32. The summed E-state index contributed by atoms with van der Waals surface area (Å²) in [7, 11) is 0. The highest BCUT2D eigenvalue weighted by atomic mass is 15.3. The molecule has 0 fully saturated rings. The highest BCUT2D eigenvalue weighted by molar-refractivity contribution is 5.58. The summed E-state index contributed by atoms with van der Waals surface area (Å²) in [4.78, 5) is 0. The van der Waals surface area contributed by atoms with Crippen molar-refractivity contribution in [2.24, 2.45) is 0 Å². The van der Waals surface area contributed by atoms with Gasteiger partial charge in [-0.2, -0.15) is 0 Å². The van der Waals surface area contributed by atoms with Crippen LogP contribution in [0.5, 0.6) is 0 Å². The van der Waals surface area contributed by atoms with Gasteiger partial charge in [0.2, 0.25) is 0 Å². The normalized spacial score (nSPS) is 18.4. The molecule has 4 heteroatoms. The maximum atomic E-state index is 4.42. The van der Waals surface area contributed by atoms with Crippen molar-refractivity contribution >= 4 is 0 Å². The third-order valence-corrected chi connectivity index (χ3v) is 3.71. The van der Waals surface area contributed by atoms with Crippen molar-refractivity contribution in [3.63, 3.8) is 0 Å². The van der Waals surface area contributed by atoms with Crippen LogP contribution in [0.3, 0.4) is 0 Å². The van der Waals surface area contributed by atoms with Gasteiger partial charge >= 0.3 is 0 Å². The Balaban J connectivity index is 2.09. The van der Waals surface area contributed by atoms with Crippen molar-refractivity contribution in [1.29, 1.82) is 0 Å². The van der Waals surface area contributed by atoms with Crippen LogP contribution in [0.15, 0.2) is 18.2 Å². The van der Waals surface area contributed by atoms with Gasteiger partial charge in [0.15, 0.2) is 11.6 Å². The molecule has 2 aromatic rings. The number of nitrogens with one attached hydrogen (secondary N) is 1. The number of rotatable bonds is 2. The minimum absolute atomic E-state index is 0.334. The molecular weight excluding hydrogens is 236 g/mol. The minimum Gasteiger partial charge on any atom is -0.308 e. The lowest BCUT2D eigenvalue weighted by atomic mass is 10.1. The molecule has 3 rings (SSSR count). The first kappa shape index (κ1) is 12.4. The van der Waals surface area contributed by atoms with Crippen molar-refractivity contribution in [3.05, 3.63) is 35.2 Å². The molecule has 0 saturated carbocycles. The zero-order chi connectivity index (χ0) is 13.4. The minimum atomic E-state index is 0.334. The summed E-state index contributed by atoms with van der Waals surface area (Å²) in [5, 5.41) is 12.3. The van der Waals surface area contributed by atoms with Crippen LogP contribution in [0, 0.1) is 13.8 Å². The molecule has 19 heavy (non-hydrogen) atoms. The highest BCUT2D eigenvalue weighted by Crippen LogP contribution is 2.26. The zero-order valence-electron chi connectivity index (χ0n) is 11.8. The maximum Gasteiger partial charge on any atom is 0.164 e. The summed E-state index contributed by atoms with van der Waals surface area (Å²) in [5.74, 6) is 2.07. The Morgan fingerprint density at radius 2 is 1.95 bits per heavy atom. The standard InChI is InChI=1S/C15H20N4/c1-4-13-15-18-17-14(19(15)6-5-16-13)12-8-10(2)7-11(3)9-12/h7-9,13,16H,4-6H2,1-3H3. The first-order valence-corrected chi connectivity index (χ1v) is 6.94. The summed E-state index contributed by atoms with van der Waals surface area (Å²) in [6.45, 7) is 8.36. The molecule has 1 atom stereocenters. The fourth-order valence-corrected chi connectivity index (χ4v) is 2.88. The van der Waals surface area contributed by atoms with Crippen LogP contribution in [-0.4, -0.2) is 21.3 Å². The average molecular weight is 256 g/mol. The molecule has 0 aliphatic carbocycles. The molecule has 0 spiro atoms. The monoisotopic (exact) mass is 256 g/mol. The molecular formula is C15H20N4. The molecule has 100 valence electrons. The summed E-state index contributed by atoms with van der Waals surface area (Å²) in [5.41, 5.74) is 3.72. The highest BCUT2D eigenvalue weighted by Gasteiger charge is 2.23. The Kier molecular flexibility index (Phi) is 3.11. The van der Waals surface area contributed by atoms with Gasteiger partial charge in [0.05, 0.1) is 6.04 Å². The van der Waals surface area contributed by atoms with E-state index < -0.39 is 0 Å². The van der Waals surface area contributed by atoms with Crippen molar-refractivity contribution in [1.82, 2.24) is 20.1 Å². The quantitative estimate of drug-likeness (QED) is 0.898. The first-order valence-electron chi connectivity index (χ1n) is 6.94. The van der Waals surface area contributed by atoms with E-state index >= 15 is 0 Å². The Hall–Kier alpha value is -1.68. The maximum absolute atomic E-state index is 4.42. The van der Waals surface area contributed by atoms with Crippen molar-refractivity contribution < 1.29 is 0 Å². The van der Waals surface area contributed by atoms with E-state index in [-0.39, 0.29) is 0 Å². The van der Waals surface area contributed by atoms with E-state index in [1.807, 2.05) is 0 Å². The van der Waals surface area contributed by atoms with E-state index in [0.717, 1.165) is 31.2 Å². The van der Waals surface area contributed by atoms with Gasteiger partial charge in [-0.25, -0.2) is 0 Å². The van der Waals surface area contributed by atoms with Gasteiger partial charge in [-0.15, -0.1) is 10.2 Å². The fourth-order valence-electron chi connectivity index (χ4n) is 2.88. The van der Waals surface area contributed by atoms with Crippen molar-refractivity contribution in [3.8, 4) is 11.4 Å². The third kappa shape index (κ3) is 2.16. The van der Waals surface area contributed by atoms with Crippen LogP contribution in [0.1, 0.15) is 36.3 Å². The summed E-state index contributed by atoms with van der Waals surface area (Å²) < 4.78 is 2.26. The number of hydrogen-bond donors (Lipinski definition) is 1. The third-order valence-electron chi connectivity index (χ3n) is 3.71. The van der Waals surface area contributed by atoms with Gasteiger partial charge in [0.25, 0.3) is 0 Å². The summed E-state index contributed by atoms with van der Waals surface area (Å²) in [6, 6.07) is 6.90. The number of fused-ring (bicyclic) bond motifs is 1. The van der Waals surface area contributed by atoms with Gasteiger partial charge < -0.3 is 9.88 Å². The molecule has 2 heterocycles. The first-order chi connectivity index (χ1) is 9.19. The second kappa shape index (κ2) is 4.78. The summed E-state index contributed by atoms with van der Waals surface area (Å²) in [6.07, 6.45) is 1.05. The Morgan fingerprint density at radius 1 is 1.21 bits per heavy atom. The lowest BCUT2D eigenvalue weighted by Gasteiger charge is -2.24. The van der Waals surface area contributed by atoms with Gasteiger partial charge in [-0.05, 0) is 32.4 Å². The van der Waals surface area contributed by atoms with Gasteiger partial charge in [0.1, 0.15) is 0 Å². The number of aromatic nitrogens is 3. The summed E-state index contributed by atoms with van der Waals surface area (Å²) >= 11 is 0. The molecule has 1 N–H and O–H groups in total. The smallest absolute Gasteiger partial charge is 0.164 e. The Labute approximate surface area is 113 Å². The molecule has 1 aliphatic rings. The van der Waals surface area contributed by atoms with E-state index in [2.05, 4.69) is 59.1 Å². The number of nitrogens with zero attached hydrogens (tertiary/aromatic N) is 3. The fraction of sp³-hybridized carbons (Fsp3) is 0.467. The van der Waals surface area contributed by atoms with E-state index in [0.29, 0.717) is 6.04 Å². The number of benzene rings is 1. The van der Waals surface area contributed by atoms with Crippen LogP contribution in [-0.2, 0) is 6.54 Å². The van der Waals surface area contributed by atoms with Gasteiger partial charge in [-0.3, -0.25) is 0 Å². The predicted octanol–water partition coefficient (Wildman–Crippen LogP) is 2.62. The topological polar surface area (TPSA) is 42.7 Å². The lowest BCUT2D eigenvalue weighted by molar-refractivity contribution is 0.407. The number of hydrogen-bond acceptors (Lipinski definition) is 3. The van der Waals surface area contributed by atoms with E-state index in [1.54, 1.807) is 0 Å². The van der Waals surface area contributed by atoms with Crippen LogP contribution < -0.4 is 5.32 Å². The largest absolute Gasteiger partial charge is 0.308 e. The molecule has 0 radical (unpaired) electrons. The zero-order valence-corrected chi connectivity index (χ0v) is 11.8. The van der Waals surface area contributed by atoms with E-state index in [4.69, 9.17) is 0 Å². The molecule has 4 nitrogen and oxygen atoms in total.